The molecule has 0 saturated heterocycles. The Bertz CT molecular complexity index is 411. The number of aromatic nitrogens is 2. The first-order valence-corrected chi connectivity index (χ1v) is 5.73. The molecule has 0 aliphatic rings. The van der Waals surface area contributed by atoms with Crippen LogP contribution in [0.2, 0.25) is 0 Å². The van der Waals surface area contributed by atoms with Crippen LogP contribution < -0.4 is 10.0 Å². The summed E-state index contributed by atoms with van der Waals surface area (Å²) in [6.07, 6.45) is 2.57. The fourth-order valence-electron chi connectivity index (χ4n) is 0.893. The second-order valence-corrected chi connectivity index (χ2v) is 4.52. The Hall–Kier alpha value is -1.41. The van der Waals surface area contributed by atoms with Crippen molar-refractivity contribution in [3.8, 4) is 0 Å². The van der Waals surface area contributed by atoms with Crippen LogP contribution in [0.25, 0.3) is 0 Å². The van der Waals surface area contributed by atoms with Crippen LogP contribution in [0, 0.1) is 0 Å². The zero-order valence-electron chi connectivity index (χ0n) is 8.15. The highest BCUT2D eigenvalue weighted by Crippen LogP contribution is 2.03. The molecule has 15 heavy (non-hydrogen) atoms. The van der Waals surface area contributed by atoms with Crippen molar-refractivity contribution in [3.63, 3.8) is 0 Å². The topological polar surface area (TPSA) is 104 Å². The van der Waals surface area contributed by atoms with Crippen molar-refractivity contribution >= 4 is 15.9 Å². The van der Waals surface area contributed by atoms with Crippen molar-refractivity contribution in [2.45, 2.75) is 11.3 Å². The molecule has 0 bridgehead atoms. The summed E-state index contributed by atoms with van der Waals surface area (Å²) in [4.78, 5) is 10.9. The lowest BCUT2D eigenvalue weighted by atomic mass is 10.4. The largest absolute Gasteiger partial charge is 0.359 e. The molecule has 0 unspecified atom stereocenters. The number of nitrogens with one attached hydrogen (secondary N) is 3. The van der Waals surface area contributed by atoms with Crippen molar-refractivity contribution < 1.29 is 13.2 Å². The second kappa shape index (κ2) is 4.89. The minimum absolute atomic E-state index is 0.0550. The predicted octanol–water partition coefficient (Wildman–Crippen LogP) is -1.18. The van der Waals surface area contributed by atoms with Crippen LogP contribution in [0.1, 0.15) is 6.42 Å². The first kappa shape index (κ1) is 11.7. The number of carbonyl (C=O) groups excluding carboxylic acids is 1. The van der Waals surface area contributed by atoms with Gasteiger partial charge >= 0.3 is 0 Å². The maximum atomic E-state index is 11.5. The van der Waals surface area contributed by atoms with Gasteiger partial charge in [-0.2, -0.15) is 5.10 Å². The van der Waals surface area contributed by atoms with Gasteiger partial charge in [-0.3, -0.25) is 9.89 Å². The Balaban J connectivity index is 2.49. The van der Waals surface area contributed by atoms with E-state index >= 15 is 0 Å². The number of hydrogen-bond donors (Lipinski definition) is 3. The fourth-order valence-corrected chi connectivity index (χ4v) is 1.83. The molecule has 0 atom stereocenters. The smallest absolute Gasteiger partial charge is 0.243 e. The van der Waals surface area contributed by atoms with E-state index in [9.17, 15) is 13.2 Å². The first-order chi connectivity index (χ1) is 7.06. The molecular weight excluding hydrogens is 220 g/mol. The van der Waals surface area contributed by atoms with Crippen LogP contribution in [0.5, 0.6) is 0 Å². The molecule has 1 heterocycles. The molecular formula is C7H12N4O3S. The molecule has 1 aromatic rings. The lowest BCUT2D eigenvalue weighted by Crippen LogP contribution is -2.29. The Kier molecular flexibility index (Phi) is 3.81. The number of hydrogen-bond acceptors (Lipinski definition) is 4. The lowest BCUT2D eigenvalue weighted by molar-refractivity contribution is -0.120. The predicted molar refractivity (Wildman–Crippen MR) is 52.5 cm³/mol. The van der Waals surface area contributed by atoms with E-state index in [0.29, 0.717) is 0 Å². The van der Waals surface area contributed by atoms with Crippen molar-refractivity contribution in [1.82, 2.24) is 20.2 Å². The summed E-state index contributed by atoms with van der Waals surface area (Å²) >= 11 is 0. The summed E-state index contributed by atoms with van der Waals surface area (Å²) in [6, 6.07) is 0. The van der Waals surface area contributed by atoms with Gasteiger partial charge in [0.15, 0.2) is 0 Å². The van der Waals surface area contributed by atoms with E-state index in [1.54, 1.807) is 0 Å². The summed E-state index contributed by atoms with van der Waals surface area (Å²) in [5.41, 5.74) is 0. The van der Waals surface area contributed by atoms with Gasteiger partial charge in [-0.25, -0.2) is 13.1 Å². The fraction of sp³-hybridized carbons (Fsp3) is 0.429. The molecule has 7 nitrogen and oxygen atoms in total. The molecule has 0 aliphatic heterocycles. The number of rotatable bonds is 5. The zero-order chi connectivity index (χ0) is 11.3. The quantitative estimate of drug-likeness (QED) is 0.594. The van der Waals surface area contributed by atoms with Crippen molar-refractivity contribution in [2.75, 3.05) is 13.6 Å². The van der Waals surface area contributed by atoms with E-state index in [0.717, 1.165) is 0 Å². The molecule has 1 rings (SSSR count). The number of carbonyl (C=O) groups is 1. The van der Waals surface area contributed by atoms with Gasteiger partial charge in [0.25, 0.3) is 0 Å². The van der Waals surface area contributed by atoms with Gasteiger partial charge in [-0.1, -0.05) is 0 Å². The molecule has 0 radical (unpaired) electrons. The van der Waals surface area contributed by atoms with E-state index in [1.165, 1.54) is 19.4 Å². The third-order valence-corrected chi connectivity index (χ3v) is 3.13. The Labute approximate surface area is 87.3 Å². The molecule has 1 amide bonds. The van der Waals surface area contributed by atoms with Crippen LogP contribution in [0.4, 0.5) is 0 Å². The third-order valence-electron chi connectivity index (χ3n) is 1.71. The number of aromatic amines is 1. The summed E-state index contributed by atoms with van der Waals surface area (Å²) in [5, 5.41) is 8.32. The highest BCUT2D eigenvalue weighted by Gasteiger charge is 2.14. The monoisotopic (exact) mass is 232 g/mol. The van der Waals surface area contributed by atoms with Gasteiger partial charge in [0.1, 0.15) is 4.90 Å². The molecule has 0 saturated carbocycles. The maximum absolute atomic E-state index is 11.5. The van der Waals surface area contributed by atoms with Gasteiger partial charge in [0.2, 0.25) is 15.9 Å². The second-order valence-electron chi connectivity index (χ2n) is 2.75. The van der Waals surface area contributed by atoms with Gasteiger partial charge in [-0.05, 0) is 0 Å². The van der Waals surface area contributed by atoms with E-state index < -0.39 is 10.0 Å². The number of sulfonamides is 1. The third kappa shape index (κ3) is 3.33. The number of nitrogens with zero attached hydrogens (tertiary/aromatic N) is 1. The van der Waals surface area contributed by atoms with Crippen LogP contribution in [-0.2, 0) is 14.8 Å². The summed E-state index contributed by atoms with van der Waals surface area (Å²) in [6.45, 7) is 0.0627. The van der Waals surface area contributed by atoms with E-state index in [1.807, 2.05) is 0 Å². The van der Waals surface area contributed by atoms with E-state index in [2.05, 4.69) is 20.2 Å². The standard InChI is InChI=1S/C7H12N4O3S/c1-8-7(12)2-3-11-15(13,14)6-4-9-10-5-6/h4-5,11H,2-3H2,1H3,(H,8,12)(H,9,10). The highest BCUT2D eigenvalue weighted by molar-refractivity contribution is 7.89. The summed E-state index contributed by atoms with van der Waals surface area (Å²) in [7, 11) is -2.05. The molecule has 0 fully saturated rings. The molecule has 3 N–H and O–H groups in total. The molecule has 84 valence electrons. The zero-order valence-corrected chi connectivity index (χ0v) is 8.97. The lowest BCUT2D eigenvalue weighted by Gasteiger charge is -2.03. The van der Waals surface area contributed by atoms with E-state index in [4.69, 9.17) is 0 Å². The van der Waals surface area contributed by atoms with Crippen molar-refractivity contribution in [3.05, 3.63) is 12.4 Å². The average Bonchev–Trinajstić information content (AvgIpc) is 2.70. The van der Waals surface area contributed by atoms with Gasteiger partial charge < -0.3 is 5.32 Å². The maximum Gasteiger partial charge on any atom is 0.243 e. The summed E-state index contributed by atoms with van der Waals surface area (Å²) < 4.78 is 25.2. The van der Waals surface area contributed by atoms with Crippen LogP contribution in [0.15, 0.2) is 17.3 Å². The molecule has 0 aliphatic carbocycles. The van der Waals surface area contributed by atoms with Gasteiger partial charge in [-0.15, -0.1) is 0 Å². The molecule has 0 aromatic carbocycles. The Morgan fingerprint density at radius 3 is 2.87 bits per heavy atom. The Morgan fingerprint density at radius 2 is 2.33 bits per heavy atom. The highest BCUT2D eigenvalue weighted by atomic mass is 32.2. The SMILES string of the molecule is CNC(=O)CCNS(=O)(=O)c1cn[nH]c1. The Morgan fingerprint density at radius 1 is 1.60 bits per heavy atom. The van der Waals surface area contributed by atoms with Gasteiger partial charge in [0.05, 0.1) is 6.20 Å². The normalized spacial score (nSPS) is 11.3. The van der Waals surface area contributed by atoms with Crippen LogP contribution in [-0.4, -0.2) is 38.1 Å². The van der Waals surface area contributed by atoms with Crippen molar-refractivity contribution in [2.24, 2.45) is 0 Å². The molecule has 8 heteroatoms. The van der Waals surface area contributed by atoms with Crippen molar-refractivity contribution in [1.29, 1.82) is 0 Å². The first-order valence-electron chi connectivity index (χ1n) is 4.25. The van der Waals surface area contributed by atoms with Gasteiger partial charge in [0, 0.05) is 26.2 Å². The van der Waals surface area contributed by atoms with Crippen LogP contribution in [0.3, 0.4) is 0 Å². The summed E-state index contributed by atoms with van der Waals surface area (Å²) in [5.74, 6) is -0.218. The number of H-pyrrole nitrogens is 1. The molecule has 0 spiro atoms. The minimum atomic E-state index is -3.54. The minimum Gasteiger partial charge on any atom is -0.359 e. The van der Waals surface area contributed by atoms with E-state index in [-0.39, 0.29) is 23.8 Å². The van der Waals surface area contributed by atoms with Crippen LogP contribution >= 0.6 is 0 Å². The number of amides is 1. The average molecular weight is 232 g/mol. The molecule has 1 aromatic heterocycles.